The van der Waals surface area contributed by atoms with Crippen LogP contribution in [-0.4, -0.2) is 37.3 Å². The Balaban J connectivity index is 2.49. The molecule has 0 aromatic carbocycles. The molecule has 0 aromatic rings. The Bertz CT molecular complexity index is 271. The highest BCUT2D eigenvalue weighted by Gasteiger charge is 2.34. The van der Waals surface area contributed by atoms with Crippen LogP contribution in [-0.2, 0) is 0 Å². The van der Waals surface area contributed by atoms with E-state index >= 15 is 0 Å². The summed E-state index contributed by atoms with van der Waals surface area (Å²) in [4.78, 5) is 2.05. The molecule has 0 spiro atoms. The molecule has 1 rings (SSSR count). The third kappa shape index (κ3) is 4.32. The van der Waals surface area contributed by atoms with Gasteiger partial charge in [0.25, 0.3) is 0 Å². The Morgan fingerprint density at radius 3 is 2.41 bits per heavy atom. The minimum atomic E-state index is -4.16. The summed E-state index contributed by atoms with van der Waals surface area (Å²) in [6.07, 6.45) is -2.76. The minimum absolute atomic E-state index is 0.0961. The van der Waals surface area contributed by atoms with E-state index in [9.17, 15) is 13.2 Å². The van der Waals surface area contributed by atoms with E-state index in [1.54, 1.807) is 0 Å². The Hall–Kier alpha value is -0.550. The Morgan fingerprint density at radius 1 is 1.41 bits per heavy atom. The third-order valence-electron chi connectivity index (χ3n) is 3.40. The predicted molar refractivity (Wildman–Crippen MR) is 62.6 cm³/mol. The third-order valence-corrected chi connectivity index (χ3v) is 3.40. The second-order valence-electron chi connectivity index (χ2n) is 4.98. The van der Waals surface area contributed by atoms with Gasteiger partial charge in [0.2, 0.25) is 0 Å². The van der Waals surface area contributed by atoms with Gasteiger partial charge in [0.05, 0.1) is 0 Å². The second kappa shape index (κ2) is 5.87. The summed E-state index contributed by atoms with van der Waals surface area (Å²) in [5.41, 5.74) is 5.28. The summed E-state index contributed by atoms with van der Waals surface area (Å²) in [5, 5.41) is 0. The monoisotopic (exact) mass is 250 g/mol. The van der Waals surface area contributed by atoms with Gasteiger partial charge < -0.3 is 5.73 Å². The van der Waals surface area contributed by atoms with E-state index in [0.29, 0.717) is 31.5 Å². The van der Waals surface area contributed by atoms with Crippen LogP contribution in [0.2, 0.25) is 0 Å². The van der Waals surface area contributed by atoms with Gasteiger partial charge >= 0.3 is 6.18 Å². The van der Waals surface area contributed by atoms with Crippen LogP contribution in [0.25, 0.3) is 0 Å². The first kappa shape index (κ1) is 14.5. The molecule has 5 heteroatoms. The molecule has 0 aromatic heterocycles. The Kier molecular flexibility index (Phi) is 5.01. The van der Waals surface area contributed by atoms with Crippen LogP contribution in [0, 0.1) is 11.8 Å². The van der Waals surface area contributed by atoms with Crippen molar-refractivity contribution in [1.82, 2.24) is 4.90 Å². The summed E-state index contributed by atoms with van der Waals surface area (Å²) >= 11 is 0. The Labute approximate surface area is 101 Å². The van der Waals surface area contributed by atoms with Crippen LogP contribution >= 0.6 is 0 Å². The van der Waals surface area contributed by atoms with Gasteiger partial charge in [-0.05, 0) is 24.8 Å². The average Bonchev–Trinajstić information content (AvgIpc) is 2.25. The molecule has 0 amide bonds. The van der Waals surface area contributed by atoms with E-state index in [0.717, 1.165) is 6.54 Å². The Morgan fingerprint density at radius 2 is 2.06 bits per heavy atom. The van der Waals surface area contributed by atoms with Crippen molar-refractivity contribution in [3.63, 3.8) is 0 Å². The fraction of sp³-hybridized carbons (Fsp3) is 0.833. The summed E-state index contributed by atoms with van der Waals surface area (Å²) in [5.74, 6) is 0.823. The molecule has 0 radical (unpaired) electrons. The topological polar surface area (TPSA) is 29.3 Å². The molecular weight excluding hydrogens is 229 g/mol. The number of nitrogens with two attached hydrogens (primary N) is 1. The van der Waals surface area contributed by atoms with Gasteiger partial charge in [-0.3, -0.25) is 4.90 Å². The van der Waals surface area contributed by atoms with Crippen molar-refractivity contribution in [3.05, 3.63) is 11.6 Å². The summed E-state index contributed by atoms with van der Waals surface area (Å²) in [7, 11) is 0. The average molecular weight is 250 g/mol. The van der Waals surface area contributed by atoms with Gasteiger partial charge in [-0.25, -0.2) is 0 Å². The number of nitrogens with zero attached hydrogens (tertiary/aromatic N) is 1. The minimum Gasteiger partial charge on any atom is -0.330 e. The molecule has 1 atom stereocenters. The van der Waals surface area contributed by atoms with Crippen molar-refractivity contribution in [2.45, 2.75) is 26.4 Å². The molecule has 0 saturated heterocycles. The van der Waals surface area contributed by atoms with E-state index < -0.39 is 6.18 Å². The van der Waals surface area contributed by atoms with Crippen molar-refractivity contribution in [1.29, 1.82) is 0 Å². The van der Waals surface area contributed by atoms with Gasteiger partial charge in [-0.2, -0.15) is 13.2 Å². The van der Waals surface area contributed by atoms with Gasteiger partial charge in [-0.1, -0.05) is 19.9 Å². The number of rotatable bonds is 4. The van der Waals surface area contributed by atoms with Gasteiger partial charge in [0, 0.05) is 25.2 Å². The number of alkyl halides is 3. The van der Waals surface area contributed by atoms with Crippen LogP contribution in [0.15, 0.2) is 11.6 Å². The first-order valence-corrected chi connectivity index (χ1v) is 6.03. The molecule has 1 heterocycles. The van der Waals surface area contributed by atoms with E-state index in [1.807, 2.05) is 4.90 Å². The molecule has 2 nitrogen and oxygen atoms in total. The highest BCUT2D eigenvalue weighted by molar-refractivity contribution is 5.13. The zero-order valence-corrected chi connectivity index (χ0v) is 10.4. The quantitative estimate of drug-likeness (QED) is 0.776. The maximum Gasteiger partial charge on any atom is 0.412 e. The lowest BCUT2D eigenvalue weighted by Gasteiger charge is -2.31. The molecule has 1 aliphatic heterocycles. The molecule has 0 saturated carbocycles. The number of hydrogen-bond acceptors (Lipinski definition) is 2. The fourth-order valence-electron chi connectivity index (χ4n) is 2.02. The number of hydrogen-bond donors (Lipinski definition) is 1. The van der Waals surface area contributed by atoms with Crippen LogP contribution in [0.4, 0.5) is 13.2 Å². The van der Waals surface area contributed by atoms with Gasteiger partial charge in [-0.15, -0.1) is 0 Å². The SMILES string of the molecule is CC(C)C(CN)CN1CC=C(C(F)(F)F)CC1. The van der Waals surface area contributed by atoms with Crippen molar-refractivity contribution < 1.29 is 13.2 Å². The summed E-state index contributed by atoms with van der Waals surface area (Å²) in [6, 6.07) is 0. The van der Waals surface area contributed by atoms with Crippen LogP contribution < -0.4 is 5.73 Å². The molecule has 1 aliphatic rings. The van der Waals surface area contributed by atoms with E-state index in [2.05, 4.69) is 13.8 Å². The van der Waals surface area contributed by atoms with E-state index in [1.165, 1.54) is 6.08 Å². The first-order valence-electron chi connectivity index (χ1n) is 6.03. The van der Waals surface area contributed by atoms with Gasteiger partial charge in [0.15, 0.2) is 0 Å². The largest absolute Gasteiger partial charge is 0.412 e. The van der Waals surface area contributed by atoms with Crippen molar-refractivity contribution >= 4 is 0 Å². The molecule has 2 N–H and O–H groups in total. The molecule has 17 heavy (non-hydrogen) atoms. The fourth-order valence-corrected chi connectivity index (χ4v) is 2.02. The maximum atomic E-state index is 12.4. The van der Waals surface area contributed by atoms with Crippen LogP contribution in [0.3, 0.4) is 0 Å². The van der Waals surface area contributed by atoms with E-state index in [-0.39, 0.29) is 12.0 Å². The molecule has 0 aliphatic carbocycles. The smallest absolute Gasteiger partial charge is 0.330 e. The zero-order valence-electron chi connectivity index (χ0n) is 10.4. The molecule has 0 bridgehead atoms. The standard InChI is InChI=1S/C12H21F3N2/c1-9(2)10(7-16)8-17-5-3-11(4-6-17)12(13,14)15/h3,9-10H,4-8,16H2,1-2H3. The maximum absolute atomic E-state index is 12.4. The molecular formula is C12H21F3N2. The highest BCUT2D eigenvalue weighted by Crippen LogP contribution is 2.30. The predicted octanol–water partition coefficient (Wildman–Crippen LogP) is 2.41. The number of halogens is 3. The van der Waals surface area contributed by atoms with Crippen LogP contribution in [0.5, 0.6) is 0 Å². The van der Waals surface area contributed by atoms with Crippen molar-refractivity contribution in [3.8, 4) is 0 Å². The molecule has 0 fully saturated rings. The summed E-state index contributed by atoms with van der Waals surface area (Å²) in [6.45, 7) is 6.43. The second-order valence-corrected chi connectivity index (χ2v) is 4.98. The van der Waals surface area contributed by atoms with Gasteiger partial charge in [0.1, 0.15) is 0 Å². The lowest BCUT2D eigenvalue weighted by molar-refractivity contribution is -0.0961. The highest BCUT2D eigenvalue weighted by atomic mass is 19.4. The van der Waals surface area contributed by atoms with E-state index in [4.69, 9.17) is 5.73 Å². The molecule has 100 valence electrons. The van der Waals surface area contributed by atoms with Crippen LogP contribution in [0.1, 0.15) is 20.3 Å². The van der Waals surface area contributed by atoms with Crippen molar-refractivity contribution in [2.24, 2.45) is 17.6 Å². The lowest BCUT2D eigenvalue weighted by Crippen LogP contribution is -2.39. The lowest BCUT2D eigenvalue weighted by atomic mass is 9.94. The first-order chi connectivity index (χ1) is 7.84. The summed E-state index contributed by atoms with van der Waals surface area (Å²) < 4.78 is 37.3. The molecule has 1 unspecified atom stereocenters. The van der Waals surface area contributed by atoms with Crippen molar-refractivity contribution in [2.75, 3.05) is 26.2 Å². The zero-order chi connectivity index (χ0) is 13.1. The normalized spacial score (nSPS) is 20.5.